The molecule has 0 bridgehead atoms. The second-order valence-corrected chi connectivity index (χ2v) is 8.65. The minimum absolute atomic E-state index is 0.0272. The maximum Gasteiger partial charge on any atom is 0.309 e. The summed E-state index contributed by atoms with van der Waals surface area (Å²) in [6.07, 6.45) is -0.219. The van der Waals surface area contributed by atoms with Gasteiger partial charge in [0, 0.05) is 18.4 Å². The van der Waals surface area contributed by atoms with Gasteiger partial charge in [-0.15, -0.1) is 0 Å². The van der Waals surface area contributed by atoms with E-state index in [1.54, 1.807) is 0 Å². The number of carbonyl (C=O) groups excluding carboxylic acids is 5. The van der Waals surface area contributed by atoms with Crippen LogP contribution in [0.25, 0.3) is 0 Å². The van der Waals surface area contributed by atoms with E-state index in [4.69, 9.17) is 14.2 Å². The molecule has 0 aromatic heterocycles. The molecule has 1 rings (SSSR count). The van der Waals surface area contributed by atoms with Crippen molar-refractivity contribution in [2.24, 2.45) is 17.8 Å². The minimum Gasteiger partial charge on any atom is -0.469 e. The van der Waals surface area contributed by atoms with Gasteiger partial charge in [0.15, 0.2) is 5.78 Å². The zero-order chi connectivity index (χ0) is 26.7. The Kier molecular flexibility index (Phi) is 12.1. The molecule has 0 saturated heterocycles. The van der Waals surface area contributed by atoms with Crippen molar-refractivity contribution in [3.63, 3.8) is 0 Å². The first-order valence-corrected chi connectivity index (χ1v) is 11.4. The van der Waals surface area contributed by atoms with E-state index in [-0.39, 0.29) is 37.9 Å². The van der Waals surface area contributed by atoms with Crippen molar-refractivity contribution in [1.29, 1.82) is 0 Å². The summed E-state index contributed by atoms with van der Waals surface area (Å²) in [5.74, 6) is -5.27. The van der Waals surface area contributed by atoms with E-state index in [0.29, 0.717) is 5.56 Å². The number of ketones is 1. The first-order chi connectivity index (χ1) is 16.5. The summed E-state index contributed by atoms with van der Waals surface area (Å²) in [5.41, 5.74) is 3.15. The van der Waals surface area contributed by atoms with Crippen LogP contribution in [0.5, 0.6) is 0 Å². The second-order valence-electron chi connectivity index (χ2n) is 8.65. The molecule has 0 heterocycles. The quantitative estimate of drug-likeness (QED) is 0.232. The average Bonchev–Trinajstić information content (AvgIpc) is 2.82. The number of Topliss-reactive ketones (excluding diaryl/α,β-unsaturated/α-hetero) is 1. The largest absolute Gasteiger partial charge is 0.469 e. The first-order valence-electron chi connectivity index (χ1n) is 11.4. The number of hydrogen-bond donors (Lipinski definition) is 0. The van der Waals surface area contributed by atoms with Crippen molar-refractivity contribution < 1.29 is 42.9 Å². The van der Waals surface area contributed by atoms with Gasteiger partial charge in [0.1, 0.15) is 0 Å². The summed E-state index contributed by atoms with van der Waals surface area (Å²) in [6, 6.07) is 3.79. The Bertz CT molecular complexity index is 912. The number of ether oxygens (including phenoxy) is 4. The summed E-state index contributed by atoms with van der Waals surface area (Å²) < 4.78 is 19.3. The molecule has 0 saturated carbocycles. The van der Waals surface area contributed by atoms with Crippen LogP contribution < -0.4 is 0 Å². The number of rotatable bonds is 13. The molecule has 3 atom stereocenters. The van der Waals surface area contributed by atoms with Crippen LogP contribution in [0.4, 0.5) is 0 Å². The Balaban J connectivity index is 3.19. The van der Waals surface area contributed by atoms with E-state index in [2.05, 4.69) is 4.74 Å². The number of carbonyl (C=O) groups is 5. The second kappa shape index (κ2) is 14.2. The van der Waals surface area contributed by atoms with E-state index in [9.17, 15) is 24.0 Å². The molecule has 9 heteroatoms. The maximum atomic E-state index is 13.2. The van der Waals surface area contributed by atoms with Crippen LogP contribution in [0.2, 0.25) is 0 Å². The van der Waals surface area contributed by atoms with Crippen LogP contribution in [-0.4, -0.2) is 58.1 Å². The zero-order valence-electron chi connectivity index (χ0n) is 21.6. The highest BCUT2D eigenvalue weighted by molar-refractivity contribution is 6.00. The Morgan fingerprint density at radius 3 is 1.63 bits per heavy atom. The van der Waals surface area contributed by atoms with Crippen molar-refractivity contribution >= 4 is 29.7 Å². The number of esters is 4. The molecule has 35 heavy (non-hydrogen) atoms. The lowest BCUT2D eigenvalue weighted by atomic mass is 9.82. The van der Waals surface area contributed by atoms with Crippen LogP contribution in [0.15, 0.2) is 12.1 Å². The van der Waals surface area contributed by atoms with Crippen molar-refractivity contribution in [3.8, 4) is 0 Å². The molecule has 0 spiro atoms. The topological polar surface area (TPSA) is 122 Å². The lowest BCUT2D eigenvalue weighted by molar-refractivity contribution is -0.152. The Morgan fingerprint density at radius 2 is 1.14 bits per heavy atom. The fraction of sp³-hybridized carbons (Fsp3) is 0.577. The van der Waals surface area contributed by atoms with Crippen molar-refractivity contribution in [2.75, 3.05) is 28.4 Å². The Morgan fingerprint density at radius 1 is 0.686 bits per heavy atom. The molecule has 0 amide bonds. The standard InChI is InChI=1S/C26H36O9/c1-15-10-16(2)23(17(3)11-15)21(27)14-20(26(31)35-7)13-19(25(30)34-6)12-18(24(29)33-5)8-9-22(28)32-4/h10-11,18-20H,8-9,12-14H2,1-7H3. The summed E-state index contributed by atoms with van der Waals surface area (Å²) >= 11 is 0. The molecule has 1 aromatic carbocycles. The molecule has 0 fully saturated rings. The highest BCUT2D eigenvalue weighted by Crippen LogP contribution is 2.29. The van der Waals surface area contributed by atoms with Crippen molar-refractivity contribution in [3.05, 3.63) is 34.4 Å². The maximum absolute atomic E-state index is 13.2. The molecule has 3 unspecified atom stereocenters. The lowest BCUT2D eigenvalue weighted by Gasteiger charge is -2.24. The molecule has 0 aliphatic rings. The van der Waals surface area contributed by atoms with E-state index < -0.39 is 41.6 Å². The summed E-state index contributed by atoms with van der Waals surface area (Å²) in [4.78, 5) is 62.3. The highest BCUT2D eigenvalue weighted by atomic mass is 16.5. The molecule has 1 aromatic rings. The Labute approximate surface area is 206 Å². The van der Waals surface area contributed by atoms with Gasteiger partial charge < -0.3 is 18.9 Å². The number of methoxy groups -OCH3 is 4. The fourth-order valence-corrected chi connectivity index (χ4v) is 4.41. The predicted molar refractivity (Wildman–Crippen MR) is 127 cm³/mol. The molecule has 0 radical (unpaired) electrons. The van der Waals surface area contributed by atoms with E-state index in [0.717, 1.165) is 16.7 Å². The summed E-state index contributed by atoms with van der Waals surface area (Å²) in [7, 11) is 4.86. The molecular formula is C26H36O9. The van der Waals surface area contributed by atoms with E-state index in [1.165, 1.54) is 28.4 Å². The van der Waals surface area contributed by atoms with Gasteiger partial charge in [-0.25, -0.2) is 0 Å². The predicted octanol–water partition coefficient (Wildman–Crippen LogP) is 3.29. The minimum atomic E-state index is -0.935. The highest BCUT2D eigenvalue weighted by Gasteiger charge is 2.35. The number of hydrogen-bond acceptors (Lipinski definition) is 9. The van der Waals surface area contributed by atoms with Gasteiger partial charge in [-0.2, -0.15) is 0 Å². The van der Waals surface area contributed by atoms with Gasteiger partial charge >= 0.3 is 23.9 Å². The summed E-state index contributed by atoms with van der Waals surface area (Å²) in [5, 5.41) is 0. The number of benzene rings is 1. The number of aryl methyl sites for hydroxylation is 3. The molecule has 0 N–H and O–H groups in total. The lowest BCUT2D eigenvalue weighted by Crippen LogP contribution is -2.30. The molecular weight excluding hydrogens is 456 g/mol. The van der Waals surface area contributed by atoms with Crippen LogP contribution in [0, 0.1) is 38.5 Å². The van der Waals surface area contributed by atoms with Crippen LogP contribution in [0.3, 0.4) is 0 Å². The molecule has 9 nitrogen and oxygen atoms in total. The molecule has 194 valence electrons. The van der Waals surface area contributed by atoms with Crippen molar-refractivity contribution in [1.82, 2.24) is 0 Å². The van der Waals surface area contributed by atoms with Crippen molar-refractivity contribution in [2.45, 2.75) is 52.9 Å². The van der Waals surface area contributed by atoms with Crippen LogP contribution in [0.1, 0.15) is 59.2 Å². The van der Waals surface area contributed by atoms with E-state index >= 15 is 0 Å². The first kappa shape index (κ1) is 29.8. The third-order valence-electron chi connectivity index (χ3n) is 6.05. The monoisotopic (exact) mass is 492 g/mol. The van der Waals surface area contributed by atoms with Gasteiger partial charge in [-0.1, -0.05) is 17.7 Å². The normalized spacial score (nSPS) is 13.2. The third-order valence-corrected chi connectivity index (χ3v) is 6.05. The van der Waals surface area contributed by atoms with Gasteiger partial charge in [0.05, 0.1) is 46.2 Å². The summed E-state index contributed by atoms with van der Waals surface area (Å²) in [6.45, 7) is 5.60. The Hall–Kier alpha value is -3.23. The molecule has 0 aliphatic carbocycles. The third kappa shape index (κ3) is 8.81. The average molecular weight is 493 g/mol. The fourth-order valence-electron chi connectivity index (χ4n) is 4.41. The van der Waals surface area contributed by atoms with Gasteiger partial charge in [0.2, 0.25) is 0 Å². The van der Waals surface area contributed by atoms with Gasteiger partial charge in [0.25, 0.3) is 0 Å². The van der Waals surface area contributed by atoms with E-state index in [1.807, 2.05) is 32.9 Å². The zero-order valence-corrected chi connectivity index (χ0v) is 21.6. The van der Waals surface area contributed by atoms with Crippen LogP contribution >= 0.6 is 0 Å². The van der Waals surface area contributed by atoms with Gasteiger partial charge in [-0.05, 0) is 51.2 Å². The smallest absolute Gasteiger partial charge is 0.309 e. The van der Waals surface area contributed by atoms with Gasteiger partial charge in [-0.3, -0.25) is 24.0 Å². The SMILES string of the molecule is COC(=O)CCC(CC(CC(CC(=O)c1c(C)cc(C)cc1C)C(=O)OC)C(=O)OC)C(=O)OC. The van der Waals surface area contributed by atoms with Crippen LogP contribution in [-0.2, 0) is 38.1 Å². The molecule has 0 aliphatic heterocycles.